The van der Waals surface area contributed by atoms with Crippen molar-refractivity contribution in [1.29, 1.82) is 0 Å². The Hall–Kier alpha value is -3.40. The van der Waals surface area contributed by atoms with E-state index in [-0.39, 0.29) is 0 Å². The van der Waals surface area contributed by atoms with Crippen LogP contribution < -0.4 is 5.32 Å². The van der Waals surface area contributed by atoms with Gasteiger partial charge in [0, 0.05) is 16.6 Å². The van der Waals surface area contributed by atoms with Crippen LogP contribution in [0.1, 0.15) is 5.56 Å². The molecule has 0 aliphatic carbocycles. The Labute approximate surface area is 144 Å². The average molecular weight is 324 g/mol. The van der Waals surface area contributed by atoms with Crippen molar-refractivity contribution in [2.75, 3.05) is 5.32 Å². The molecule has 3 aromatic carbocycles. The van der Waals surface area contributed by atoms with E-state index in [0.29, 0.717) is 0 Å². The van der Waals surface area contributed by atoms with Gasteiger partial charge >= 0.3 is 0 Å². The molecule has 4 heteroatoms. The van der Waals surface area contributed by atoms with E-state index in [1.165, 1.54) is 16.3 Å². The highest BCUT2D eigenvalue weighted by Crippen LogP contribution is 2.30. The molecule has 0 bridgehead atoms. The molecule has 0 amide bonds. The summed E-state index contributed by atoms with van der Waals surface area (Å²) >= 11 is 0. The minimum Gasteiger partial charge on any atom is -0.350 e. The topological polar surface area (TPSA) is 53.6 Å². The zero-order valence-electron chi connectivity index (χ0n) is 13.7. The first-order valence-electron chi connectivity index (χ1n) is 8.27. The Morgan fingerprint density at radius 1 is 0.880 bits per heavy atom. The van der Waals surface area contributed by atoms with Gasteiger partial charge in [0.05, 0.1) is 0 Å². The van der Waals surface area contributed by atoms with Crippen molar-refractivity contribution in [3.8, 4) is 0 Å². The molecule has 0 atom stereocenters. The fourth-order valence-electron chi connectivity index (χ4n) is 3.30. The van der Waals surface area contributed by atoms with Gasteiger partial charge in [0.2, 0.25) is 0 Å². The van der Waals surface area contributed by atoms with Crippen LogP contribution in [0.5, 0.6) is 0 Å². The first-order valence-corrected chi connectivity index (χ1v) is 8.27. The molecule has 5 rings (SSSR count). The van der Waals surface area contributed by atoms with Crippen LogP contribution in [0.25, 0.3) is 32.7 Å². The largest absolute Gasteiger partial charge is 0.350 e. The maximum Gasteiger partial charge on any atom is 0.158 e. The first kappa shape index (κ1) is 14.0. The van der Waals surface area contributed by atoms with E-state index in [0.717, 1.165) is 33.4 Å². The van der Waals surface area contributed by atoms with Crippen LogP contribution in [0.3, 0.4) is 0 Å². The monoisotopic (exact) mass is 324 g/mol. The van der Waals surface area contributed by atoms with E-state index in [4.69, 9.17) is 0 Å². The van der Waals surface area contributed by atoms with Crippen LogP contribution in [0.2, 0.25) is 0 Å². The number of nitrogens with one attached hydrogen (secondary N) is 2. The first-order chi connectivity index (χ1) is 12.3. The number of nitrogens with zero attached hydrogens (tertiary/aromatic N) is 2. The summed E-state index contributed by atoms with van der Waals surface area (Å²) in [5, 5.41) is 6.98. The second-order valence-electron chi connectivity index (χ2n) is 6.31. The van der Waals surface area contributed by atoms with Gasteiger partial charge in [0.25, 0.3) is 0 Å². The molecule has 0 fully saturated rings. The summed E-state index contributed by atoms with van der Waals surface area (Å²) in [5.74, 6) is 0.786. The van der Waals surface area contributed by atoms with E-state index in [2.05, 4.69) is 87.9 Å². The van der Waals surface area contributed by atoms with E-state index in [1.54, 1.807) is 6.33 Å². The fourth-order valence-corrected chi connectivity index (χ4v) is 3.30. The number of fused-ring (bicyclic) bond motifs is 4. The van der Waals surface area contributed by atoms with E-state index in [9.17, 15) is 0 Å². The molecule has 5 aromatic rings. The van der Waals surface area contributed by atoms with Crippen LogP contribution in [0.15, 0.2) is 67.0 Å². The molecule has 0 saturated carbocycles. The standard InChI is InChI=1S/C21H16N4/c1-13-6-9-18-17(10-13)19-20(25-18)21(23-12-22-19)24-16-8-7-14-4-2-3-5-15(14)11-16/h2-12,25H,1H3,(H,22,23,24). The highest BCUT2D eigenvalue weighted by atomic mass is 15.0. The third-order valence-electron chi connectivity index (χ3n) is 4.55. The average Bonchev–Trinajstić information content (AvgIpc) is 3.01. The van der Waals surface area contributed by atoms with Gasteiger partial charge in [0.1, 0.15) is 17.4 Å². The number of aryl methyl sites for hydroxylation is 1. The van der Waals surface area contributed by atoms with Gasteiger partial charge in [-0.1, -0.05) is 42.0 Å². The Kier molecular flexibility index (Phi) is 2.97. The molecule has 25 heavy (non-hydrogen) atoms. The molecule has 4 nitrogen and oxygen atoms in total. The molecule has 0 radical (unpaired) electrons. The van der Waals surface area contributed by atoms with Crippen LogP contribution in [-0.2, 0) is 0 Å². The van der Waals surface area contributed by atoms with Crippen LogP contribution in [0, 0.1) is 6.92 Å². The molecule has 2 N–H and O–H groups in total. The summed E-state index contributed by atoms with van der Waals surface area (Å²) in [5.41, 5.74) is 5.17. The lowest BCUT2D eigenvalue weighted by molar-refractivity contribution is 1.22. The number of aromatic nitrogens is 3. The molecule has 0 spiro atoms. The molecule has 0 saturated heterocycles. The third kappa shape index (κ3) is 2.31. The molecule has 2 aromatic heterocycles. The Morgan fingerprint density at radius 2 is 1.76 bits per heavy atom. The zero-order valence-corrected chi connectivity index (χ0v) is 13.7. The van der Waals surface area contributed by atoms with Crippen molar-refractivity contribution >= 4 is 44.2 Å². The SMILES string of the molecule is Cc1ccc2[nH]c3c(Nc4ccc5ccccc5c4)ncnc3c2c1. The predicted molar refractivity (Wildman–Crippen MR) is 103 cm³/mol. The van der Waals surface area contributed by atoms with Gasteiger partial charge in [-0.15, -0.1) is 0 Å². The lowest BCUT2D eigenvalue weighted by atomic mass is 10.1. The summed E-state index contributed by atoms with van der Waals surface area (Å²) in [7, 11) is 0. The highest BCUT2D eigenvalue weighted by Gasteiger charge is 2.11. The molecular weight excluding hydrogens is 308 g/mol. The van der Waals surface area contributed by atoms with Crippen molar-refractivity contribution in [2.24, 2.45) is 0 Å². The second-order valence-corrected chi connectivity index (χ2v) is 6.31. The molecule has 2 heterocycles. The number of aromatic amines is 1. The van der Waals surface area contributed by atoms with Crippen molar-refractivity contribution < 1.29 is 0 Å². The van der Waals surface area contributed by atoms with Crippen LogP contribution in [-0.4, -0.2) is 15.0 Å². The maximum absolute atomic E-state index is 4.48. The molecule has 0 unspecified atom stereocenters. The fraction of sp³-hybridized carbons (Fsp3) is 0.0476. The van der Waals surface area contributed by atoms with Gasteiger partial charge in [-0.25, -0.2) is 9.97 Å². The smallest absolute Gasteiger partial charge is 0.158 e. The lowest BCUT2D eigenvalue weighted by Gasteiger charge is -2.07. The number of rotatable bonds is 2. The molecule has 0 aliphatic rings. The van der Waals surface area contributed by atoms with E-state index in [1.807, 2.05) is 0 Å². The van der Waals surface area contributed by atoms with Gasteiger partial charge in [-0.3, -0.25) is 0 Å². The molecule has 120 valence electrons. The molecular formula is C21H16N4. The summed E-state index contributed by atoms with van der Waals surface area (Å²) in [6, 6.07) is 21.0. The summed E-state index contributed by atoms with van der Waals surface area (Å²) in [6.07, 6.45) is 1.61. The van der Waals surface area contributed by atoms with Gasteiger partial charge in [-0.2, -0.15) is 0 Å². The summed E-state index contributed by atoms with van der Waals surface area (Å²) in [4.78, 5) is 12.4. The summed E-state index contributed by atoms with van der Waals surface area (Å²) in [6.45, 7) is 2.09. The Morgan fingerprint density at radius 3 is 2.68 bits per heavy atom. The zero-order chi connectivity index (χ0) is 16.8. The van der Waals surface area contributed by atoms with Gasteiger partial charge < -0.3 is 10.3 Å². The predicted octanol–water partition coefficient (Wildman–Crippen LogP) is 5.32. The Bertz CT molecular complexity index is 1240. The number of hydrogen-bond donors (Lipinski definition) is 2. The number of benzene rings is 3. The van der Waals surface area contributed by atoms with Crippen molar-refractivity contribution in [1.82, 2.24) is 15.0 Å². The quantitative estimate of drug-likeness (QED) is 0.462. The second kappa shape index (κ2) is 5.31. The highest BCUT2D eigenvalue weighted by molar-refractivity contribution is 6.08. The lowest BCUT2D eigenvalue weighted by Crippen LogP contribution is -1.95. The molecule has 0 aliphatic heterocycles. The number of hydrogen-bond acceptors (Lipinski definition) is 3. The van der Waals surface area contributed by atoms with Crippen LogP contribution in [0.4, 0.5) is 11.5 Å². The minimum atomic E-state index is 0.786. The number of anilines is 2. The third-order valence-corrected chi connectivity index (χ3v) is 4.55. The summed E-state index contributed by atoms with van der Waals surface area (Å²) < 4.78 is 0. The van der Waals surface area contributed by atoms with Crippen molar-refractivity contribution in [2.45, 2.75) is 6.92 Å². The van der Waals surface area contributed by atoms with Crippen LogP contribution >= 0.6 is 0 Å². The number of H-pyrrole nitrogens is 1. The van der Waals surface area contributed by atoms with E-state index < -0.39 is 0 Å². The van der Waals surface area contributed by atoms with Gasteiger partial charge in [-0.05, 0) is 42.0 Å². The van der Waals surface area contributed by atoms with Gasteiger partial charge in [0.15, 0.2) is 5.82 Å². The maximum atomic E-state index is 4.48. The minimum absolute atomic E-state index is 0.786. The Balaban J connectivity index is 1.65. The normalized spacial score (nSPS) is 11.4. The van der Waals surface area contributed by atoms with Crippen molar-refractivity contribution in [3.05, 3.63) is 72.6 Å². The van der Waals surface area contributed by atoms with E-state index >= 15 is 0 Å². The van der Waals surface area contributed by atoms with Crippen molar-refractivity contribution in [3.63, 3.8) is 0 Å².